The molecule has 0 aliphatic rings. The number of rotatable bonds is 3. The summed E-state index contributed by atoms with van der Waals surface area (Å²) in [7, 11) is 0. The number of aromatic nitrogens is 2. The van der Waals surface area contributed by atoms with E-state index in [9.17, 15) is 0 Å². The normalized spacial score (nSPS) is 12.0. The van der Waals surface area contributed by atoms with Crippen molar-refractivity contribution in [2.24, 2.45) is 0 Å². The minimum Gasteiger partial charge on any atom is -0.309 e. The molecule has 2 nitrogen and oxygen atoms in total. The van der Waals surface area contributed by atoms with E-state index in [1.807, 2.05) is 0 Å². The van der Waals surface area contributed by atoms with Gasteiger partial charge in [-0.25, -0.2) is 0 Å². The molecule has 0 aliphatic carbocycles. The van der Waals surface area contributed by atoms with Crippen molar-refractivity contribution < 1.29 is 0 Å². The minimum absolute atomic E-state index is 1.17. The number of fused-ring (bicyclic) bond motifs is 3. The van der Waals surface area contributed by atoms with E-state index in [0.29, 0.717) is 0 Å². The highest BCUT2D eigenvalue weighted by Gasteiger charge is 2.16. The predicted octanol–water partition coefficient (Wildman–Crippen LogP) is 10.1. The third-order valence-corrected chi connectivity index (χ3v) is 8.49. The highest BCUT2D eigenvalue weighted by Crippen LogP contribution is 2.39. The van der Waals surface area contributed by atoms with Crippen LogP contribution in [0.2, 0.25) is 0 Å². The van der Waals surface area contributed by atoms with Gasteiger partial charge in [0.05, 0.1) is 22.1 Å². The van der Waals surface area contributed by atoms with Crippen molar-refractivity contribution in [1.29, 1.82) is 0 Å². The number of nitrogens with zero attached hydrogens (tertiary/aromatic N) is 2. The topological polar surface area (TPSA) is 9.86 Å². The Kier molecular flexibility index (Phi) is 4.36. The van der Waals surface area contributed by atoms with Gasteiger partial charge in [-0.3, -0.25) is 0 Å². The van der Waals surface area contributed by atoms with Gasteiger partial charge in [-0.05, 0) is 70.4 Å². The molecule has 0 N–H and O–H groups in total. The third-order valence-electron chi connectivity index (χ3n) is 8.49. The average Bonchev–Trinajstić information content (AvgIpc) is 3.54. The monoisotopic (exact) mass is 508 g/mol. The first kappa shape index (κ1) is 21.6. The molecule has 2 aromatic heterocycles. The summed E-state index contributed by atoms with van der Waals surface area (Å²) in [6, 6.07) is 53.0. The molecule has 0 saturated heterocycles. The van der Waals surface area contributed by atoms with Crippen LogP contribution < -0.4 is 0 Å². The molecule has 0 saturated carbocycles. The standard InChI is InChI=1S/C38H24N2/c1-3-11-33-31(9-1)32-10-2-4-12-34(32)39(33)29-21-17-25(18-22-29)26-19-23-30(24-20-26)40-35-13-5-7-27-15-16-28-8-6-14-36(40)38(28)37(27)35/h1-24H. The molecule has 0 spiro atoms. The van der Waals surface area contributed by atoms with Crippen LogP contribution in [0.4, 0.5) is 0 Å². The molecule has 9 aromatic rings. The molecule has 0 atom stereocenters. The lowest BCUT2D eigenvalue weighted by Crippen LogP contribution is -1.94. The van der Waals surface area contributed by atoms with Gasteiger partial charge in [-0.2, -0.15) is 0 Å². The van der Waals surface area contributed by atoms with Gasteiger partial charge >= 0.3 is 0 Å². The fourth-order valence-corrected chi connectivity index (χ4v) is 6.70. The highest BCUT2D eigenvalue weighted by molar-refractivity contribution is 6.24. The van der Waals surface area contributed by atoms with Gasteiger partial charge in [0, 0.05) is 32.9 Å². The molecule has 40 heavy (non-hydrogen) atoms. The molecule has 0 bridgehead atoms. The zero-order valence-electron chi connectivity index (χ0n) is 21.8. The second kappa shape index (κ2) is 8.08. The Bertz CT molecular complexity index is 2230. The lowest BCUT2D eigenvalue weighted by atomic mass is 10.0. The van der Waals surface area contributed by atoms with Gasteiger partial charge in [0.1, 0.15) is 0 Å². The van der Waals surface area contributed by atoms with Gasteiger partial charge in [-0.1, -0.05) is 97.1 Å². The van der Waals surface area contributed by atoms with E-state index in [2.05, 4.69) is 155 Å². The zero-order valence-corrected chi connectivity index (χ0v) is 21.8. The Balaban J connectivity index is 1.14. The largest absolute Gasteiger partial charge is 0.309 e. The Morgan fingerprint density at radius 1 is 0.300 bits per heavy atom. The first-order chi connectivity index (χ1) is 19.8. The van der Waals surface area contributed by atoms with Gasteiger partial charge in [0.15, 0.2) is 0 Å². The molecule has 0 unspecified atom stereocenters. The summed E-state index contributed by atoms with van der Waals surface area (Å²) in [6.07, 6.45) is 0. The average molecular weight is 509 g/mol. The molecular weight excluding hydrogens is 484 g/mol. The molecule has 0 amide bonds. The zero-order chi connectivity index (χ0) is 26.2. The van der Waals surface area contributed by atoms with Crippen LogP contribution in [0, 0.1) is 0 Å². The van der Waals surface area contributed by atoms with E-state index in [-0.39, 0.29) is 0 Å². The van der Waals surface area contributed by atoms with Gasteiger partial charge in [-0.15, -0.1) is 0 Å². The molecular formula is C38H24N2. The highest BCUT2D eigenvalue weighted by atomic mass is 15.0. The predicted molar refractivity (Wildman–Crippen MR) is 169 cm³/mol. The SMILES string of the molecule is c1ccc2c(c1)c1ccccc1n2-c1ccc(-c2ccc(-n3c4cccc5ccc6cccc3c6c54)cc2)cc1. The summed E-state index contributed by atoms with van der Waals surface area (Å²) >= 11 is 0. The fourth-order valence-electron chi connectivity index (χ4n) is 6.70. The molecule has 0 aliphatic heterocycles. The quantitative estimate of drug-likeness (QED) is 0.210. The lowest BCUT2D eigenvalue weighted by molar-refractivity contribution is 1.18. The second-order valence-electron chi connectivity index (χ2n) is 10.6. The first-order valence-electron chi connectivity index (χ1n) is 13.8. The van der Waals surface area contributed by atoms with E-state index in [1.165, 1.54) is 76.9 Å². The van der Waals surface area contributed by atoms with Gasteiger partial charge in [0.2, 0.25) is 0 Å². The number of para-hydroxylation sites is 2. The van der Waals surface area contributed by atoms with E-state index < -0.39 is 0 Å². The van der Waals surface area contributed by atoms with Crippen LogP contribution in [0.15, 0.2) is 146 Å². The summed E-state index contributed by atoms with van der Waals surface area (Å²) in [5, 5.41) is 7.85. The van der Waals surface area contributed by atoms with E-state index in [1.54, 1.807) is 0 Å². The van der Waals surface area contributed by atoms with Crippen LogP contribution in [-0.2, 0) is 0 Å². The third kappa shape index (κ3) is 2.93. The lowest BCUT2D eigenvalue weighted by Gasteiger charge is -2.11. The molecule has 9 rings (SSSR count). The van der Waals surface area contributed by atoms with Crippen LogP contribution in [0.25, 0.3) is 76.9 Å². The van der Waals surface area contributed by atoms with Crippen LogP contribution >= 0.6 is 0 Å². The van der Waals surface area contributed by atoms with Gasteiger partial charge < -0.3 is 9.13 Å². The second-order valence-corrected chi connectivity index (χ2v) is 10.6. The van der Waals surface area contributed by atoms with Crippen molar-refractivity contribution in [3.8, 4) is 22.5 Å². The van der Waals surface area contributed by atoms with Crippen molar-refractivity contribution in [3.05, 3.63) is 146 Å². The minimum atomic E-state index is 1.17. The number of hydrogen-bond acceptors (Lipinski definition) is 0. The summed E-state index contributed by atoms with van der Waals surface area (Å²) in [4.78, 5) is 0. The molecule has 186 valence electrons. The van der Waals surface area contributed by atoms with Crippen molar-refractivity contribution in [1.82, 2.24) is 9.13 Å². The molecule has 0 radical (unpaired) electrons. The van der Waals surface area contributed by atoms with Crippen molar-refractivity contribution in [3.63, 3.8) is 0 Å². The number of hydrogen-bond donors (Lipinski definition) is 0. The van der Waals surface area contributed by atoms with Crippen molar-refractivity contribution in [2.45, 2.75) is 0 Å². The Hall–Kier alpha value is -5.34. The first-order valence-corrected chi connectivity index (χ1v) is 13.8. The maximum Gasteiger partial charge on any atom is 0.0547 e. The van der Waals surface area contributed by atoms with Crippen molar-refractivity contribution >= 4 is 54.4 Å². The van der Waals surface area contributed by atoms with E-state index >= 15 is 0 Å². The molecule has 2 heterocycles. The van der Waals surface area contributed by atoms with Crippen LogP contribution in [0.5, 0.6) is 0 Å². The Labute approximate surface area is 231 Å². The summed E-state index contributed by atoms with van der Waals surface area (Å²) in [6.45, 7) is 0. The van der Waals surface area contributed by atoms with Crippen LogP contribution in [-0.4, -0.2) is 9.13 Å². The van der Waals surface area contributed by atoms with Gasteiger partial charge in [0.25, 0.3) is 0 Å². The Morgan fingerprint density at radius 3 is 1.18 bits per heavy atom. The van der Waals surface area contributed by atoms with E-state index in [4.69, 9.17) is 0 Å². The van der Waals surface area contributed by atoms with Crippen LogP contribution in [0.1, 0.15) is 0 Å². The van der Waals surface area contributed by atoms with Crippen LogP contribution in [0.3, 0.4) is 0 Å². The number of benzene rings is 7. The van der Waals surface area contributed by atoms with E-state index in [0.717, 1.165) is 0 Å². The molecule has 2 heteroatoms. The fraction of sp³-hybridized carbons (Fsp3) is 0. The summed E-state index contributed by atoms with van der Waals surface area (Å²) < 4.78 is 4.77. The summed E-state index contributed by atoms with van der Waals surface area (Å²) in [5.74, 6) is 0. The molecule has 0 fully saturated rings. The molecule has 7 aromatic carbocycles. The summed E-state index contributed by atoms with van der Waals surface area (Å²) in [5.41, 5.74) is 9.77. The maximum absolute atomic E-state index is 2.40. The Morgan fingerprint density at radius 2 is 0.700 bits per heavy atom. The maximum atomic E-state index is 2.40. The van der Waals surface area contributed by atoms with Crippen molar-refractivity contribution in [2.75, 3.05) is 0 Å². The smallest absolute Gasteiger partial charge is 0.0547 e.